The van der Waals surface area contributed by atoms with Crippen LogP contribution in [0.2, 0.25) is 0 Å². The van der Waals surface area contributed by atoms with Crippen LogP contribution in [0.4, 0.5) is 5.69 Å². The van der Waals surface area contributed by atoms with Crippen LogP contribution >= 0.6 is 0 Å². The van der Waals surface area contributed by atoms with Gasteiger partial charge in [0.2, 0.25) is 5.88 Å². The lowest BCUT2D eigenvalue weighted by Gasteiger charge is -2.36. The Kier molecular flexibility index (Phi) is 5.44. The average Bonchev–Trinajstić information content (AvgIpc) is 2.72. The molecule has 1 fully saturated rings. The summed E-state index contributed by atoms with van der Waals surface area (Å²) in [4.78, 5) is 29.2. The van der Waals surface area contributed by atoms with Crippen molar-refractivity contribution in [1.82, 2.24) is 24.4 Å². The number of piperazine rings is 1. The van der Waals surface area contributed by atoms with Crippen LogP contribution in [-0.4, -0.2) is 56.7 Å². The zero-order valence-electron chi connectivity index (χ0n) is 17.1. The molecule has 8 heteroatoms. The first-order valence-electron chi connectivity index (χ1n) is 9.90. The molecule has 1 aliphatic heterocycles. The summed E-state index contributed by atoms with van der Waals surface area (Å²) < 4.78 is 7.53. The third-order valence-corrected chi connectivity index (χ3v) is 5.22. The van der Waals surface area contributed by atoms with Crippen LogP contribution in [0, 0.1) is 0 Å². The van der Waals surface area contributed by atoms with Crippen LogP contribution in [0.5, 0.6) is 5.88 Å². The molecule has 1 saturated heterocycles. The van der Waals surface area contributed by atoms with Gasteiger partial charge in [0.15, 0.2) is 0 Å². The van der Waals surface area contributed by atoms with Gasteiger partial charge in [0.25, 0.3) is 5.56 Å². The van der Waals surface area contributed by atoms with E-state index in [9.17, 15) is 4.79 Å². The monoisotopic (exact) mass is 394 g/mol. The maximum Gasteiger partial charge on any atom is 0.268 e. The fourth-order valence-corrected chi connectivity index (χ4v) is 3.58. The summed E-state index contributed by atoms with van der Waals surface area (Å²) in [6.45, 7) is 8.38. The van der Waals surface area contributed by atoms with Crippen molar-refractivity contribution in [3.63, 3.8) is 0 Å². The number of hydrogen-bond donors (Lipinski definition) is 0. The van der Waals surface area contributed by atoms with E-state index in [1.165, 1.54) is 6.20 Å². The predicted molar refractivity (Wildman–Crippen MR) is 112 cm³/mol. The molecule has 0 aliphatic carbocycles. The smallest absolute Gasteiger partial charge is 0.268 e. The van der Waals surface area contributed by atoms with Gasteiger partial charge >= 0.3 is 0 Å². The SMILES string of the molecule is CC(C)Oc1ncnc2ccc(N3CCN(Cc4cncc(=O)n4C)CC3)cc12. The van der Waals surface area contributed by atoms with Gasteiger partial charge < -0.3 is 14.2 Å². The molecule has 0 unspecified atom stereocenters. The Labute approximate surface area is 169 Å². The van der Waals surface area contributed by atoms with Crippen LogP contribution in [0.1, 0.15) is 19.5 Å². The predicted octanol–water partition coefficient (Wildman–Crippen LogP) is 1.83. The number of anilines is 1. The molecule has 29 heavy (non-hydrogen) atoms. The molecular weight excluding hydrogens is 368 g/mol. The van der Waals surface area contributed by atoms with E-state index in [2.05, 4.69) is 36.9 Å². The van der Waals surface area contributed by atoms with E-state index in [0.29, 0.717) is 5.88 Å². The van der Waals surface area contributed by atoms with Crippen LogP contribution < -0.4 is 15.2 Å². The van der Waals surface area contributed by atoms with Gasteiger partial charge in [-0.15, -0.1) is 0 Å². The lowest BCUT2D eigenvalue weighted by atomic mass is 10.2. The van der Waals surface area contributed by atoms with Gasteiger partial charge in [-0.3, -0.25) is 14.7 Å². The van der Waals surface area contributed by atoms with Crippen molar-refractivity contribution in [3.05, 3.63) is 53.0 Å². The van der Waals surface area contributed by atoms with Crippen LogP contribution in [0.15, 0.2) is 41.7 Å². The van der Waals surface area contributed by atoms with E-state index in [0.717, 1.165) is 55.0 Å². The molecule has 0 spiro atoms. The van der Waals surface area contributed by atoms with Gasteiger partial charge in [0.05, 0.1) is 28.9 Å². The molecule has 0 saturated carbocycles. The first-order valence-corrected chi connectivity index (χ1v) is 9.90. The standard InChI is InChI=1S/C21H26N6O2/c1-15(2)29-21-18-10-16(4-5-19(18)23-14-24-21)27-8-6-26(7-9-27)13-17-11-22-12-20(28)25(17)3/h4-5,10-12,14-15H,6-9,13H2,1-3H3. The fourth-order valence-electron chi connectivity index (χ4n) is 3.58. The van der Waals surface area contributed by atoms with Crippen molar-refractivity contribution < 1.29 is 4.74 Å². The molecule has 0 atom stereocenters. The Morgan fingerprint density at radius 1 is 1.10 bits per heavy atom. The first kappa shape index (κ1) is 19.3. The van der Waals surface area contributed by atoms with Crippen LogP contribution in [-0.2, 0) is 13.6 Å². The first-order chi connectivity index (χ1) is 14.0. The summed E-state index contributed by atoms with van der Waals surface area (Å²) in [5.74, 6) is 0.628. The summed E-state index contributed by atoms with van der Waals surface area (Å²) in [5.41, 5.74) is 2.90. The Morgan fingerprint density at radius 3 is 2.66 bits per heavy atom. The number of nitrogens with zero attached hydrogens (tertiary/aromatic N) is 6. The normalized spacial score (nSPS) is 15.2. The zero-order chi connectivity index (χ0) is 20.4. The second kappa shape index (κ2) is 8.16. The fraction of sp³-hybridized carbons (Fsp3) is 0.429. The summed E-state index contributed by atoms with van der Waals surface area (Å²) in [7, 11) is 1.80. The molecule has 3 heterocycles. The van der Waals surface area contributed by atoms with Crippen LogP contribution in [0.3, 0.4) is 0 Å². The molecule has 0 bridgehead atoms. The van der Waals surface area contributed by atoms with E-state index in [1.807, 2.05) is 19.9 Å². The van der Waals surface area contributed by atoms with E-state index in [1.54, 1.807) is 24.1 Å². The molecule has 2 aromatic heterocycles. The number of fused-ring (bicyclic) bond motifs is 1. The number of benzene rings is 1. The second-order valence-electron chi connectivity index (χ2n) is 7.61. The summed E-state index contributed by atoms with van der Waals surface area (Å²) in [6.07, 6.45) is 4.73. The highest BCUT2D eigenvalue weighted by atomic mass is 16.5. The third-order valence-electron chi connectivity index (χ3n) is 5.22. The van der Waals surface area contributed by atoms with Gasteiger partial charge in [-0.2, -0.15) is 0 Å². The number of aromatic nitrogens is 4. The lowest BCUT2D eigenvalue weighted by Crippen LogP contribution is -2.46. The van der Waals surface area contributed by atoms with Gasteiger partial charge in [-0.05, 0) is 32.0 Å². The Balaban J connectivity index is 1.47. The zero-order valence-corrected chi connectivity index (χ0v) is 17.1. The summed E-state index contributed by atoms with van der Waals surface area (Å²) in [6, 6.07) is 6.25. The van der Waals surface area contributed by atoms with Crippen molar-refractivity contribution in [2.75, 3.05) is 31.1 Å². The Hall–Kier alpha value is -3.00. The lowest BCUT2D eigenvalue weighted by molar-refractivity contribution is 0.235. The Bertz CT molecular complexity index is 1060. The number of rotatable bonds is 5. The number of ether oxygens (including phenoxy) is 1. The topological polar surface area (TPSA) is 76.4 Å². The summed E-state index contributed by atoms with van der Waals surface area (Å²) >= 11 is 0. The highest BCUT2D eigenvalue weighted by Gasteiger charge is 2.19. The molecule has 8 nitrogen and oxygen atoms in total. The molecule has 3 aromatic rings. The van der Waals surface area contributed by atoms with E-state index < -0.39 is 0 Å². The largest absolute Gasteiger partial charge is 0.474 e. The van der Waals surface area contributed by atoms with E-state index in [4.69, 9.17) is 4.74 Å². The minimum absolute atomic E-state index is 0.0590. The molecule has 0 N–H and O–H groups in total. The van der Waals surface area contributed by atoms with Crippen molar-refractivity contribution >= 4 is 16.6 Å². The van der Waals surface area contributed by atoms with Crippen LogP contribution in [0.25, 0.3) is 10.9 Å². The van der Waals surface area contributed by atoms with Crippen molar-refractivity contribution in [1.29, 1.82) is 0 Å². The van der Waals surface area contributed by atoms with Gasteiger partial charge in [-0.1, -0.05) is 0 Å². The molecule has 152 valence electrons. The van der Waals surface area contributed by atoms with Crippen molar-refractivity contribution in [2.24, 2.45) is 7.05 Å². The summed E-state index contributed by atoms with van der Waals surface area (Å²) in [5, 5.41) is 0.937. The molecule has 0 amide bonds. The third kappa shape index (κ3) is 4.22. The molecule has 1 aliphatic rings. The minimum atomic E-state index is -0.0704. The Morgan fingerprint density at radius 2 is 1.90 bits per heavy atom. The maximum absolute atomic E-state index is 11.8. The quantitative estimate of drug-likeness (QED) is 0.653. The highest BCUT2D eigenvalue weighted by molar-refractivity contribution is 5.86. The molecule has 1 aromatic carbocycles. The highest BCUT2D eigenvalue weighted by Crippen LogP contribution is 2.28. The van der Waals surface area contributed by atoms with Gasteiger partial charge in [0, 0.05) is 51.7 Å². The van der Waals surface area contributed by atoms with Crippen molar-refractivity contribution in [3.8, 4) is 5.88 Å². The average molecular weight is 394 g/mol. The second-order valence-corrected chi connectivity index (χ2v) is 7.61. The molecule has 0 radical (unpaired) electrons. The minimum Gasteiger partial charge on any atom is -0.474 e. The van der Waals surface area contributed by atoms with Gasteiger partial charge in [0.1, 0.15) is 6.33 Å². The molecule has 4 rings (SSSR count). The molecular formula is C21H26N6O2. The maximum atomic E-state index is 11.8. The number of hydrogen-bond acceptors (Lipinski definition) is 7. The van der Waals surface area contributed by atoms with Gasteiger partial charge in [-0.25, -0.2) is 9.97 Å². The van der Waals surface area contributed by atoms with E-state index >= 15 is 0 Å². The van der Waals surface area contributed by atoms with E-state index in [-0.39, 0.29) is 11.7 Å². The van der Waals surface area contributed by atoms with Crippen molar-refractivity contribution in [2.45, 2.75) is 26.5 Å².